The Kier molecular flexibility index (Phi) is 3.19. The minimum Gasteiger partial charge on any atom is -0.497 e. The van der Waals surface area contributed by atoms with E-state index in [4.69, 9.17) is 15.2 Å². The second kappa shape index (κ2) is 4.78. The van der Waals surface area contributed by atoms with Gasteiger partial charge in [-0.2, -0.15) is 0 Å². The predicted molar refractivity (Wildman–Crippen MR) is 69.4 cm³/mol. The molecule has 0 atom stereocenters. The summed E-state index contributed by atoms with van der Waals surface area (Å²) in [6.07, 6.45) is 0. The summed E-state index contributed by atoms with van der Waals surface area (Å²) >= 11 is 0. The molecule has 2 aromatic carbocycles. The zero-order valence-corrected chi connectivity index (χ0v) is 9.94. The third kappa shape index (κ3) is 2.33. The van der Waals surface area contributed by atoms with Crippen molar-refractivity contribution in [2.24, 2.45) is 0 Å². The summed E-state index contributed by atoms with van der Waals surface area (Å²) in [5.74, 6) is 1.61. The minimum absolute atomic E-state index is 0.694. The standard InChI is InChI=1S/C14H15NO2/c1-16-12-6-3-10(4-7-12)13-8-5-11(15)9-14(13)17-2/h3-9H,15H2,1-2H3. The Morgan fingerprint density at radius 3 is 2.18 bits per heavy atom. The van der Waals surface area contributed by atoms with E-state index in [-0.39, 0.29) is 0 Å². The molecule has 0 amide bonds. The molecule has 2 N–H and O–H groups in total. The number of hydrogen-bond acceptors (Lipinski definition) is 3. The van der Waals surface area contributed by atoms with Crippen molar-refractivity contribution < 1.29 is 9.47 Å². The maximum absolute atomic E-state index is 5.73. The van der Waals surface area contributed by atoms with Gasteiger partial charge in [-0.1, -0.05) is 12.1 Å². The second-order valence-electron chi connectivity index (χ2n) is 3.69. The van der Waals surface area contributed by atoms with Gasteiger partial charge >= 0.3 is 0 Å². The highest BCUT2D eigenvalue weighted by molar-refractivity contribution is 5.73. The van der Waals surface area contributed by atoms with E-state index < -0.39 is 0 Å². The van der Waals surface area contributed by atoms with E-state index in [0.29, 0.717) is 5.69 Å². The van der Waals surface area contributed by atoms with Crippen LogP contribution >= 0.6 is 0 Å². The van der Waals surface area contributed by atoms with Crippen LogP contribution in [-0.2, 0) is 0 Å². The summed E-state index contributed by atoms with van der Waals surface area (Å²) in [6.45, 7) is 0. The van der Waals surface area contributed by atoms with Gasteiger partial charge in [0.1, 0.15) is 11.5 Å². The molecule has 88 valence electrons. The smallest absolute Gasteiger partial charge is 0.128 e. The summed E-state index contributed by atoms with van der Waals surface area (Å²) in [6, 6.07) is 13.5. The van der Waals surface area contributed by atoms with Crippen LogP contribution < -0.4 is 15.2 Å². The van der Waals surface area contributed by atoms with Gasteiger partial charge in [0.25, 0.3) is 0 Å². The van der Waals surface area contributed by atoms with Crippen LogP contribution in [0.25, 0.3) is 11.1 Å². The molecule has 0 radical (unpaired) electrons. The highest BCUT2D eigenvalue weighted by Crippen LogP contribution is 2.32. The van der Waals surface area contributed by atoms with Gasteiger partial charge in [0.15, 0.2) is 0 Å². The molecule has 0 unspecified atom stereocenters. The van der Waals surface area contributed by atoms with E-state index in [1.807, 2.05) is 42.5 Å². The van der Waals surface area contributed by atoms with E-state index in [1.54, 1.807) is 14.2 Å². The molecule has 3 nitrogen and oxygen atoms in total. The molecule has 3 heteroatoms. The molecular formula is C14H15NO2. The van der Waals surface area contributed by atoms with E-state index in [9.17, 15) is 0 Å². The molecule has 2 rings (SSSR count). The quantitative estimate of drug-likeness (QED) is 0.823. The number of nitrogen functional groups attached to an aromatic ring is 1. The van der Waals surface area contributed by atoms with Crippen LogP contribution in [0.4, 0.5) is 5.69 Å². The number of nitrogens with two attached hydrogens (primary N) is 1. The van der Waals surface area contributed by atoms with Crippen molar-refractivity contribution in [3.8, 4) is 22.6 Å². The van der Waals surface area contributed by atoms with Gasteiger partial charge in [-0.15, -0.1) is 0 Å². The van der Waals surface area contributed by atoms with Gasteiger partial charge in [-0.25, -0.2) is 0 Å². The van der Waals surface area contributed by atoms with E-state index in [2.05, 4.69) is 0 Å². The molecular weight excluding hydrogens is 214 g/mol. The fourth-order valence-electron chi connectivity index (χ4n) is 1.72. The highest BCUT2D eigenvalue weighted by Gasteiger charge is 2.06. The third-order valence-corrected chi connectivity index (χ3v) is 2.63. The Morgan fingerprint density at radius 1 is 0.882 bits per heavy atom. The maximum atomic E-state index is 5.73. The van der Waals surface area contributed by atoms with Crippen molar-refractivity contribution >= 4 is 5.69 Å². The number of anilines is 1. The largest absolute Gasteiger partial charge is 0.497 e. The van der Waals surface area contributed by atoms with E-state index >= 15 is 0 Å². The molecule has 0 bridgehead atoms. The Labute approximate surface area is 101 Å². The van der Waals surface area contributed by atoms with Crippen LogP contribution in [0.1, 0.15) is 0 Å². The lowest BCUT2D eigenvalue weighted by molar-refractivity contribution is 0.414. The van der Waals surface area contributed by atoms with E-state index in [1.165, 1.54) is 0 Å². The molecule has 0 spiro atoms. The molecule has 0 saturated heterocycles. The van der Waals surface area contributed by atoms with Crippen molar-refractivity contribution in [2.75, 3.05) is 20.0 Å². The second-order valence-corrected chi connectivity index (χ2v) is 3.69. The molecule has 0 aromatic heterocycles. The topological polar surface area (TPSA) is 44.5 Å². The first-order valence-corrected chi connectivity index (χ1v) is 5.32. The molecule has 0 aliphatic heterocycles. The lowest BCUT2D eigenvalue weighted by Gasteiger charge is -2.10. The lowest BCUT2D eigenvalue weighted by atomic mass is 10.0. The van der Waals surface area contributed by atoms with E-state index in [0.717, 1.165) is 22.6 Å². The molecule has 0 fully saturated rings. The van der Waals surface area contributed by atoms with Gasteiger partial charge in [-0.05, 0) is 29.8 Å². The van der Waals surface area contributed by atoms with Crippen LogP contribution in [0.2, 0.25) is 0 Å². The lowest BCUT2D eigenvalue weighted by Crippen LogP contribution is -1.91. The number of rotatable bonds is 3. The Bertz CT molecular complexity index is 506. The summed E-state index contributed by atoms with van der Waals surface area (Å²) < 4.78 is 10.5. The zero-order valence-electron chi connectivity index (χ0n) is 9.94. The predicted octanol–water partition coefficient (Wildman–Crippen LogP) is 2.95. The van der Waals surface area contributed by atoms with Crippen molar-refractivity contribution in [2.45, 2.75) is 0 Å². The number of hydrogen-bond donors (Lipinski definition) is 1. The van der Waals surface area contributed by atoms with Crippen LogP contribution in [0.15, 0.2) is 42.5 Å². The molecule has 2 aromatic rings. The van der Waals surface area contributed by atoms with Gasteiger partial charge < -0.3 is 15.2 Å². The van der Waals surface area contributed by atoms with Crippen molar-refractivity contribution in [1.82, 2.24) is 0 Å². The van der Waals surface area contributed by atoms with Crippen molar-refractivity contribution in [1.29, 1.82) is 0 Å². The molecule has 17 heavy (non-hydrogen) atoms. The monoisotopic (exact) mass is 229 g/mol. The first-order chi connectivity index (χ1) is 8.24. The summed E-state index contributed by atoms with van der Waals surface area (Å²) in [5, 5.41) is 0. The maximum Gasteiger partial charge on any atom is 0.128 e. The highest BCUT2D eigenvalue weighted by atomic mass is 16.5. The SMILES string of the molecule is COc1ccc(-c2ccc(N)cc2OC)cc1. The Morgan fingerprint density at radius 2 is 1.59 bits per heavy atom. The third-order valence-electron chi connectivity index (χ3n) is 2.63. The molecule has 0 heterocycles. The molecule has 0 aliphatic rings. The molecule has 0 aliphatic carbocycles. The summed E-state index contributed by atoms with van der Waals surface area (Å²) in [7, 11) is 3.29. The van der Waals surface area contributed by atoms with Crippen LogP contribution in [0, 0.1) is 0 Å². The average molecular weight is 229 g/mol. The van der Waals surface area contributed by atoms with Gasteiger partial charge in [0.05, 0.1) is 14.2 Å². The van der Waals surface area contributed by atoms with Gasteiger partial charge in [0, 0.05) is 17.3 Å². The van der Waals surface area contributed by atoms with Gasteiger partial charge in [-0.3, -0.25) is 0 Å². The van der Waals surface area contributed by atoms with Crippen molar-refractivity contribution in [3.63, 3.8) is 0 Å². The first kappa shape index (κ1) is 11.3. The summed E-state index contributed by atoms with van der Waals surface area (Å²) in [5.41, 5.74) is 8.51. The Hall–Kier alpha value is -2.16. The first-order valence-electron chi connectivity index (χ1n) is 5.32. The number of ether oxygens (including phenoxy) is 2. The molecule has 0 saturated carbocycles. The Balaban J connectivity index is 2.44. The van der Waals surface area contributed by atoms with Crippen LogP contribution in [0.3, 0.4) is 0 Å². The normalized spacial score (nSPS) is 10.0. The van der Waals surface area contributed by atoms with Gasteiger partial charge in [0.2, 0.25) is 0 Å². The fraction of sp³-hybridized carbons (Fsp3) is 0.143. The minimum atomic E-state index is 0.694. The van der Waals surface area contributed by atoms with Crippen LogP contribution in [0.5, 0.6) is 11.5 Å². The number of methoxy groups -OCH3 is 2. The summed E-state index contributed by atoms with van der Waals surface area (Å²) in [4.78, 5) is 0. The zero-order chi connectivity index (χ0) is 12.3. The fourth-order valence-corrected chi connectivity index (χ4v) is 1.72. The number of benzene rings is 2. The van der Waals surface area contributed by atoms with Crippen molar-refractivity contribution in [3.05, 3.63) is 42.5 Å². The van der Waals surface area contributed by atoms with Crippen LogP contribution in [-0.4, -0.2) is 14.2 Å². The average Bonchev–Trinajstić information content (AvgIpc) is 2.39.